The molecular weight excluding hydrogens is 228 g/mol. The van der Waals surface area contributed by atoms with E-state index in [-0.39, 0.29) is 11.6 Å². The number of pyridine rings is 1. The van der Waals surface area contributed by atoms with E-state index in [2.05, 4.69) is 19.7 Å². The SMILES string of the molecule is O=S(=O)(NCc1cccnc1)c1cnc[nH]1. The van der Waals surface area contributed by atoms with Gasteiger partial charge in [0.15, 0.2) is 5.03 Å². The van der Waals surface area contributed by atoms with Crippen molar-refractivity contribution in [2.45, 2.75) is 11.6 Å². The molecule has 2 rings (SSSR count). The van der Waals surface area contributed by atoms with Crippen molar-refractivity contribution in [2.24, 2.45) is 0 Å². The van der Waals surface area contributed by atoms with Gasteiger partial charge in [-0.05, 0) is 11.6 Å². The van der Waals surface area contributed by atoms with Gasteiger partial charge in [-0.15, -0.1) is 0 Å². The predicted octanol–water partition coefficient (Wildman–Crippen LogP) is 0.283. The van der Waals surface area contributed by atoms with E-state index in [1.54, 1.807) is 24.5 Å². The van der Waals surface area contributed by atoms with Crippen LogP contribution in [0.5, 0.6) is 0 Å². The third-order valence-electron chi connectivity index (χ3n) is 1.95. The molecule has 2 aromatic heterocycles. The lowest BCUT2D eigenvalue weighted by atomic mass is 10.3. The Hall–Kier alpha value is -1.73. The number of nitrogens with one attached hydrogen (secondary N) is 2. The van der Waals surface area contributed by atoms with Crippen LogP contribution in [0.1, 0.15) is 5.56 Å². The molecule has 0 radical (unpaired) electrons. The maximum absolute atomic E-state index is 11.7. The van der Waals surface area contributed by atoms with Crippen molar-refractivity contribution in [1.82, 2.24) is 19.7 Å². The Morgan fingerprint density at radius 1 is 1.31 bits per heavy atom. The maximum Gasteiger partial charge on any atom is 0.257 e. The number of rotatable bonds is 4. The minimum atomic E-state index is -3.51. The summed E-state index contributed by atoms with van der Waals surface area (Å²) in [5.41, 5.74) is 0.797. The topological polar surface area (TPSA) is 87.7 Å². The standard InChI is InChI=1S/C9H10N4O2S/c14-16(15,9-6-11-7-12-9)13-5-8-2-1-3-10-4-8/h1-4,6-7,13H,5H2,(H,11,12). The Kier molecular flexibility index (Phi) is 2.97. The number of sulfonamides is 1. The summed E-state index contributed by atoms with van der Waals surface area (Å²) in [7, 11) is -3.51. The average molecular weight is 238 g/mol. The fraction of sp³-hybridized carbons (Fsp3) is 0.111. The molecule has 0 fully saturated rings. The Morgan fingerprint density at radius 2 is 2.19 bits per heavy atom. The zero-order chi connectivity index (χ0) is 11.4. The molecule has 7 heteroatoms. The van der Waals surface area contributed by atoms with E-state index < -0.39 is 10.0 Å². The third kappa shape index (κ3) is 2.44. The summed E-state index contributed by atoms with van der Waals surface area (Å²) < 4.78 is 25.8. The molecule has 0 saturated carbocycles. The van der Waals surface area contributed by atoms with Crippen molar-refractivity contribution in [2.75, 3.05) is 0 Å². The van der Waals surface area contributed by atoms with E-state index in [9.17, 15) is 8.42 Å². The molecule has 2 heterocycles. The minimum Gasteiger partial charge on any atom is -0.335 e. The van der Waals surface area contributed by atoms with E-state index in [4.69, 9.17) is 0 Å². The smallest absolute Gasteiger partial charge is 0.257 e. The number of aromatic nitrogens is 3. The highest BCUT2D eigenvalue weighted by molar-refractivity contribution is 7.89. The summed E-state index contributed by atoms with van der Waals surface area (Å²) in [6.45, 7) is 0.204. The van der Waals surface area contributed by atoms with Gasteiger partial charge in [-0.2, -0.15) is 0 Å². The van der Waals surface area contributed by atoms with Crippen LogP contribution in [0.4, 0.5) is 0 Å². The van der Waals surface area contributed by atoms with Gasteiger partial charge in [-0.3, -0.25) is 4.98 Å². The molecular formula is C9H10N4O2S. The lowest BCUT2D eigenvalue weighted by molar-refractivity contribution is 0.578. The minimum absolute atomic E-state index is 0.0522. The van der Waals surface area contributed by atoms with E-state index in [1.807, 2.05) is 0 Å². The molecule has 0 atom stereocenters. The van der Waals surface area contributed by atoms with Gasteiger partial charge in [-0.1, -0.05) is 6.07 Å². The van der Waals surface area contributed by atoms with E-state index in [1.165, 1.54) is 12.5 Å². The van der Waals surface area contributed by atoms with Crippen molar-refractivity contribution in [3.05, 3.63) is 42.6 Å². The first-order chi connectivity index (χ1) is 7.68. The van der Waals surface area contributed by atoms with Crippen LogP contribution >= 0.6 is 0 Å². The molecule has 0 amide bonds. The highest BCUT2D eigenvalue weighted by Gasteiger charge is 2.14. The summed E-state index contributed by atoms with van der Waals surface area (Å²) in [4.78, 5) is 10.1. The summed E-state index contributed by atoms with van der Waals surface area (Å²) in [6.07, 6.45) is 5.81. The van der Waals surface area contributed by atoms with Crippen LogP contribution in [0.15, 0.2) is 42.1 Å². The van der Waals surface area contributed by atoms with Crippen LogP contribution in [-0.2, 0) is 16.6 Å². The number of hydrogen-bond acceptors (Lipinski definition) is 4. The van der Waals surface area contributed by atoms with Crippen LogP contribution < -0.4 is 4.72 Å². The fourth-order valence-corrected chi connectivity index (χ4v) is 2.07. The van der Waals surface area contributed by atoms with Crippen molar-refractivity contribution in [3.63, 3.8) is 0 Å². The van der Waals surface area contributed by atoms with Gasteiger partial charge in [0.1, 0.15) is 0 Å². The average Bonchev–Trinajstić information content (AvgIpc) is 2.82. The quantitative estimate of drug-likeness (QED) is 0.801. The van der Waals surface area contributed by atoms with Gasteiger partial charge in [-0.25, -0.2) is 18.1 Å². The second-order valence-corrected chi connectivity index (χ2v) is 4.84. The normalized spacial score (nSPS) is 11.5. The molecule has 0 saturated heterocycles. The summed E-state index contributed by atoms with van der Waals surface area (Å²) in [5.74, 6) is 0. The maximum atomic E-state index is 11.7. The molecule has 0 bridgehead atoms. The van der Waals surface area contributed by atoms with E-state index in [0.29, 0.717) is 0 Å². The summed E-state index contributed by atoms with van der Waals surface area (Å²) >= 11 is 0. The Morgan fingerprint density at radius 3 is 2.81 bits per heavy atom. The molecule has 0 aliphatic heterocycles. The zero-order valence-electron chi connectivity index (χ0n) is 8.29. The lowest BCUT2D eigenvalue weighted by Crippen LogP contribution is -2.23. The first-order valence-corrected chi connectivity index (χ1v) is 6.04. The molecule has 0 aliphatic rings. The fourth-order valence-electron chi connectivity index (χ4n) is 1.15. The van der Waals surface area contributed by atoms with Crippen LogP contribution in [0.3, 0.4) is 0 Å². The Labute approximate surface area is 92.8 Å². The van der Waals surface area contributed by atoms with Gasteiger partial charge in [0, 0.05) is 18.9 Å². The first-order valence-electron chi connectivity index (χ1n) is 4.55. The summed E-state index contributed by atoms with van der Waals surface area (Å²) in [5, 5.41) is 0.0522. The molecule has 0 aliphatic carbocycles. The molecule has 0 spiro atoms. The molecule has 6 nitrogen and oxygen atoms in total. The molecule has 0 unspecified atom stereocenters. The van der Waals surface area contributed by atoms with Crippen molar-refractivity contribution in [1.29, 1.82) is 0 Å². The van der Waals surface area contributed by atoms with Gasteiger partial charge in [0.05, 0.1) is 12.5 Å². The number of nitrogens with zero attached hydrogens (tertiary/aromatic N) is 2. The number of imidazole rings is 1. The zero-order valence-corrected chi connectivity index (χ0v) is 9.11. The number of hydrogen-bond donors (Lipinski definition) is 2. The summed E-state index contributed by atoms with van der Waals surface area (Å²) in [6, 6.07) is 3.54. The van der Waals surface area contributed by atoms with Crippen LogP contribution in [0.2, 0.25) is 0 Å². The van der Waals surface area contributed by atoms with Crippen LogP contribution in [0, 0.1) is 0 Å². The van der Waals surface area contributed by atoms with Gasteiger partial charge >= 0.3 is 0 Å². The predicted molar refractivity (Wildman–Crippen MR) is 56.9 cm³/mol. The second kappa shape index (κ2) is 4.42. The van der Waals surface area contributed by atoms with Gasteiger partial charge in [0.2, 0.25) is 0 Å². The van der Waals surface area contributed by atoms with Gasteiger partial charge in [0.25, 0.3) is 10.0 Å². The van der Waals surface area contributed by atoms with Crippen molar-refractivity contribution < 1.29 is 8.42 Å². The van der Waals surface area contributed by atoms with Crippen LogP contribution in [0.25, 0.3) is 0 Å². The van der Waals surface area contributed by atoms with Crippen LogP contribution in [-0.4, -0.2) is 23.4 Å². The van der Waals surface area contributed by atoms with Gasteiger partial charge < -0.3 is 4.98 Å². The molecule has 16 heavy (non-hydrogen) atoms. The third-order valence-corrected chi connectivity index (χ3v) is 3.28. The molecule has 84 valence electrons. The monoisotopic (exact) mass is 238 g/mol. The van der Waals surface area contributed by atoms with Crippen molar-refractivity contribution >= 4 is 10.0 Å². The Balaban J connectivity index is 2.07. The largest absolute Gasteiger partial charge is 0.335 e. The highest BCUT2D eigenvalue weighted by Crippen LogP contribution is 2.03. The number of aromatic amines is 1. The highest BCUT2D eigenvalue weighted by atomic mass is 32.2. The van der Waals surface area contributed by atoms with Crippen molar-refractivity contribution in [3.8, 4) is 0 Å². The molecule has 0 aromatic carbocycles. The van der Waals surface area contributed by atoms with E-state index >= 15 is 0 Å². The molecule has 2 N–H and O–H groups in total. The number of H-pyrrole nitrogens is 1. The van der Waals surface area contributed by atoms with E-state index in [0.717, 1.165) is 5.56 Å². The lowest BCUT2D eigenvalue weighted by Gasteiger charge is -2.03. The first kappa shape index (κ1) is 10.8. The molecule has 2 aromatic rings. The Bertz CT molecular complexity index is 536. The second-order valence-electron chi connectivity index (χ2n) is 3.10.